The van der Waals surface area contributed by atoms with E-state index >= 15 is 0 Å². The van der Waals surface area contributed by atoms with E-state index in [1.54, 1.807) is 11.8 Å². The fraction of sp³-hybridized carbons (Fsp3) is 0.846. The van der Waals surface area contributed by atoms with E-state index in [4.69, 9.17) is 4.74 Å². The number of likely N-dealkylation sites (tertiary alicyclic amines) is 1. The van der Waals surface area contributed by atoms with Gasteiger partial charge in [0.25, 0.3) is 0 Å². The quantitative estimate of drug-likeness (QED) is 0.791. The molecular weight excluding hydrogens is 246 g/mol. The van der Waals surface area contributed by atoms with Gasteiger partial charge in [0.2, 0.25) is 5.91 Å². The van der Waals surface area contributed by atoms with Crippen molar-refractivity contribution in [3.63, 3.8) is 0 Å². The van der Waals surface area contributed by atoms with Gasteiger partial charge >= 0.3 is 6.03 Å². The Hall–Kier alpha value is -1.30. The highest BCUT2D eigenvalue weighted by Gasteiger charge is 2.25. The Morgan fingerprint density at radius 3 is 2.26 bits per heavy atom. The summed E-state index contributed by atoms with van der Waals surface area (Å²) in [6.07, 6.45) is 3.32. The summed E-state index contributed by atoms with van der Waals surface area (Å²) < 4.78 is 5.20. The second-order valence-corrected chi connectivity index (χ2v) is 5.16. The molecule has 6 heteroatoms. The van der Waals surface area contributed by atoms with Crippen LogP contribution in [0.5, 0.6) is 0 Å². The number of hydrogen-bond donors (Lipinski definition) is 1. The molecule has 108 valence electrons. The van der Waals surface area contributed by atoms with Crippen LogP contribution in [0, 0.1) is 0 Å². The molecule has 0 spiro atoms. The molecule has 0 bridgehead atoms. The van der Waals surface area contributed by atoms with Crippen molar-refractivity contribution in [3.8, 4) is 0 Å². The monoisotopic (exact) mass is 269 g/mol. The maximum absolute atomic E-state index is 12.2. The van der Waals surface area contributed by atoms with E-state index < -0.39 is 6.04 Å². The summed E-state index contributed by atoms with van der Waals surface area (Å²) in [6.45, 7) is 5.72. The second-order valence-electron chi connectivity index (χ2n) is 5.16. The third kappa shape index (κ3) is 3.83. The smallest absolute Gasteiger partial charge is 0.318 e. The average Bonchev–Trinajstić information content (AvgIpc) is 2.48. The van der Waals surface area contributed by atoms with Gasteiger partial charge in [-0.3, -0.25) is 4.79 Å². The molecular formula is C13H23N3O3. The highest BCUT2D eigenvalue weighted by molar-refractivity contribution is 5.86. The molecule has 1 N–H and O–H groups in total. The van der Waals surface area contributed by atoms with Crippen LogP contribution in [0.15, 0.2) is 0 Å². The lowest BCUT2D eigenvalue weighted by Crippen LogP contribution is -2.53. The van der Waals surface area contributed by atoms with Crippen LogP contribution in [0.25, 0.3) is 0 Å². The maximum atomic E-state index is 12.2. The summed E-state index contributed by atoms with van der Waals surface area (Å²) >= 11 is 0. The van der Waals surface area contributed by atoms with E-state index in [0.29, 0.717) is 26.3 Å². The Morgan fingerprint density at radius 1 is 1.00 bits per heavy atom. The first kappa shape index (κ1) is 14.1. The molecule has 0 aromatic rings. The molecule has 1 unspecified atom stereocenters. The summed E-state index contributed by atoms with van der Waals surface area (Å²) in [5.74, 6) is 0.0290. The molecule has 2 saturated heterocycles. The topological polar surface area (TPSA) is 61.9 Å². The van der Waals surface area contributed by atoms with Gasteiger partial charge in [0.05, 0.1) is 13.2 Å². The molecule has 0 aromatic carbocycles. The van der Waals surface area contributed by atoms with Crippen LogP contribution >= 0.6 is 0 Å². The summed E-state index contributed by atoms with van der Waals surface area (Å²) in [7, 11) is 0. The first-order chi connectivity index (χ1) is 9.18. The molecule has 2 fully saturated rings. The minimum atomic E-state index is -0.451. The zero-order chi connectivity index (χ0) is 13.7. The Balaban J connectivity index is 1.80. The van der Waals surface area contributed by atoms with E-state index in [2.05, 4.69) is 5.32 Å². The van der Waals surface area contributed by atoms with E-state index in [9.17, 15) is 9.59 Å². The van der Waals surface area contributed by atoms with Gasteiger partial charge in [-0.25, -0.2) is 4.79 Å². The molecule has 0 radical (unpaired) electrons. The normalized spacial score (nSPS) is 21.9. The second kappa shape index (κ2) is 6.75. The highest BCUT2D eigenvalue weighted by Crippen LogP contribution is 2.10. The minimum absolute atomic E-state index is 0.0290. The number of hydrogen-bond acceptors (Lipinski definition) is 3. The molecule has 2 heterocycles. The number of urea groups is 1. The SMILES string of the molecule is CC(NC(=O)N1CCOCC1)C(=O)N1CCCCC1. The largest absolute Gasteiger partial charge is 0.378 e. The minimum Gasteiger partial charge on any atom is -0.378 e. The van der Waals surface area contributed by atoms with Crippen molar-refractivity contribution in [2.45, 2.75) is 32.2 Å². The number of ether oxygens (including phenoxy) is 1. The molecule has 2 aliphatic rings. The average molecular weight is 269 g/mol. The predicted molar refractivity (Wildman–Crippen MR) is 70.8 cm³/mol. The molecule has 19 heavy (non-hydrogen) atoms. The lowest BCUT2D eigenvalue weighted by atomic mass is 10.1. The third-order valence-electron chi connectivity index (χ3n) is 3.68. The van der Waals surface area contributed by atoms with Crippen LogP contribution in [0.4, 0.5) is 4.79 Å². The van der Waals surface area contributed by atoms with Crippen molar-refractivity contribution >= 4 is 11.9 Å². The molecule has 2 rings (SSSR count). The number of rotatable bonds is 2. The standard InChI is InChI=1S/C13H23N3O3/c1-11(12(17)15-5-3-2-4-6-15)14-13(18)16-7-9-19-10-8-16/h11H,2-10H2,1H3,(H,14,18). The summed E-state index contributed by atoms with van der Waals surface area (Å²) in [4.78, 5) is 27.7. The van der Waals surface area contributed by atoms with Gasteiger partial charge in [0.1, 0.15) is 6.04 Å². The molecule has 0 aromatic heterocycles. The zero-order valence-electron chi connectivity index (χ0n) is 11.6. The number of piperidine rings is 1. The maximum Gasteiger partial charge on any atom is 0.318 e. The number of morpholine rings is 1. The molecule has 2 aliphatic heterocycles. The highest BCUT2D eigenvalue weighted by atomic mass is 16.5. The van der Waals surface area contributed by atoms with Crippen molar-refractivity contribution in [2.24, 2.45) is 0 Å². The first-order valence-corrected chi connectivity index (χ1v) is 7.10. The number of nitrogens with zero attached hydrogens (tertiary/aromatic N) is 2. The fourth-order valence-electron chi connectivity index (χ4n) is 2.49. The van der Waals surface area contributed by atoms with E-state index in [-0.39, 0.29) is 11.9 Å². The Labute approximate surface area is 114 Å². The molecule has 1 atom stereocenters. The molecule has 0 saturated carbocycles. The predicted octanol–water partition coefficient (Wildman–Crippen LogP) is 0.429. The van der Waals surface area contributed by atoms with Gasteiger partial charge in [0.15, 0.2) is 0 Å². The van der Waals surface area contributed by atoms with Crippen LogP contribution in [-0.4, -0.2) is 67.2 Å². The van der Waals surface area contributed by atoms with Gasteiger partial charge in [-0.15, -0.1) is 0 Å². The Morgan fingerprint density at radius 2 is 1.63 bits per heavy atom. The van der Waals surface area contributed by atoms with Crippen molar-refractivity contribution in [2.75, 3.05) is 39.4 Å². The van der Waals surface area contributed by atoms with Gasteiger partial charge in [-0.05, 0) is 26.2 Å². The van der Waals surface area contributed by atoms with Crippen LogP contribution in [0.3, 0.4) is 0 Å². The lowest BCUT2D eigenvalue weighted by molar-refractivity contribution is -0.133. The van der Waals surface area contributed by atoms with Crippen molar-refractivity contribution in [3.05, 3.63) is 0 Å². The first-order valence-electron chi connectivity index (χ1n) is 7.10. The fourth-order valence-corrected chi connectivity index (χ4v) is 2.49. The summed E-state index contributed by atoms with van der Waals surface area (Å²) in [5.41, 5.74) is 0. The van der Waals surface area contributed by atoms with Gasteiger partial charge < -0.3 is 19.9 Å². The summed E-state index contributed by atoms with van der Waals surface area (Å²) in [6, 6.07) is -0.616. The third-order valence-corrected chi connectivity index (χ3v) is 3.68. The molecule has 3 amide bonds. The lowest BCUT2D eigenvalue weighted by Gasteiger charge is -2.31. The van der Waals surface area contributed by atoms with E-state index in [1.807, 2.05) is 4.90 Å². The molecule has 0 aliphatic carbocycles. The number of carbonyl (C=O) groups is 2. The van der Waals surface area contributed by atoms with Gasteiger partial charge in [0, 0.05) is 26.2 Å². The van der Waals surface area contributed by atoms with Crippen LogP contribution in [-0.2, 0) is 9.53 Å². The van der Waals surface area contributed by atoms with Crippen molar-refractivity contribution in [1.29, 1.82) is 0 Å². The Bertz CT molecular complexity index is 323. The van der Waals surface area contributed by atoms with E-state index in [0.717, 1.165) is 25.9 Å². The number of carbonyl (C=O) groups excluding carboxylic acids is 2. The van der Waals surface area contributed by atoms with Crippen LogP contribution in [0.1, 0.15) is 26.2 Å². The van der Waals surface area contributed by atoms with Gasteiger partial charge in [-0.1, -0.05) is 0 Å². The number of amides is 3. The number of nitrogens with one attached hydrogen (secondary N) is 1. The zero-order valence-corrected chi connectivity index (χ0v) is 11.6. The summed E-state index contributed by atoms with van der Waals surface area (Å²) in [5, 5.41) is 2.79. The van der Waals surface area contributed by atoms with E-state index in [1.165, 1.54) is 6.42 Å². The van der Waals surface area contributed by atoms with Gasteiger partial charge in [-0.2, -0.15) is 0 Å². The van der Waals surface area contributed by atoms with Crippen molar-refractivity contribution < 1.29 is 14.3 Å². The van der Waals surface area contributed by atoms with Crippen molar-refractivity contribution in [1.82, 2.24) is 15.1 Å². The molecule has 6 nitrogen and oxygen atoms in total. The Kier molecular flexibility index (Phi) is 5.01. The van der Waals surface area contributed by atoms with Crippen LogP contribution < -0.4 is 5.32 Å². The van der Waals surface area contributed by atoms with Crippen LogP contribution in [0.2, 0.25) is 0 Å².